The summed E-state index contributed by atoms with van der Waals surface area (Å²) in [4.78, 5) is 23.3. The van der Waals surface area contributed by atoms with Gasteiger partial charge >= 0.3 is 5.97 Å². The number of esters is 1. The number of hydrogen-bond donors (Lipinski definition) is 0. The first-order valence-corrected chi connectivity index (χ1v) is 9.76. The summed E-state index contributed by atoms with van der Waals surface area (Å²) < 4.78 is 11.8. The van der Waals surface area contributed by atoms with Crippen LogP contribution in [-0.4, -0.2) is 17.2 Å². The molecule has 6 heteroatoms. The summed E-state index contributed by atoms with van der Waals surface area (Å²) in [6.07, 6.45) is 6.65. The van der Waals surface area contributed by atoms with Gasteiger partial charge in [0.1, 0.15) is 0 Å². The molecule has 0 bridgehead atoms. The van der Waals surface area contributed by atoms with Crippen molar-refractivity contribution in [3.05, 3.63) is 52.1 Å². The highest BCUT2D eigenvalue weighted by molar-refractivity contribution is 5.81. The summed E-state index contributed by atoms with van der Waals surface area (Å²) in [5.74, 6) is 0.157. The van der Waals surface area contributed by atoms with Crippen molar-refractivity contribution in [1.82, 2.24) is 0 Å². The van der Waals surface area contributed by atoms with Gasteiger partial charge < -0.3 is 9.47 Å². The summed E-state index contributed by atoms with van der Waals surface area (Å²) in [6.45, 7) is 4.51. The Bertz CT molecular complexity index is 758. The van der Waals surface area contributed by atoms with E-state index < -0.39 is 16.6 Å². The van der Waals surface area contributed by atoms with Crippen LogP contribution < -0.4 is 0 Å². The third-order valence-corrected chi connectivity index (χ3v) is 6.62. The average molecular weight is 371 g/mol. The number of rotatable bonds is 4. The highest BCUT2D eigenvalue weighted by atomic mass is 16.7. The lowest BCUT2D eigenvalue weighted by Gasteiger charge is -2.43. The summed E-state index contributed by atoms with van der Waals surface area (Å²) in [5, 5.41) is 10.8. The Morgan fingerprint density at radius 1 is 1.22 bits per heavy atom. The van der Waals surface area contributed by atoms with Gasteiger partial charge in [-0.1, -0.05) is 31.4 Å². The Kier molecular flexibility index (Phi) is 4.76. The first kappa shape index (κ1) is 18.2. The van der Waals surface area contributed by atoms with Crippen molar-refractivity contribution in [3.8, 4) is 0 Å². The number of cyclic esters (lactones) is 1. The first-order chi connectivity index (χ1) is 13.0. The molecule has 144 valence electrons. The molecular weight excluding hydrogens is 346 g/mol. The zero-order valence-electron chi connectivity index (χ0n) is 15.4. The molecule has 1 aliphatic heterocycles. The molecule has 2 saturated carbocycles. The molecule has 6 nitrogen and oxygen atoms in total. The van der Waals surface area contributed by atoms with Crippen molar-refractivity contribution in [1.29, 1.82) is 0 Å². The molecule has 0 N–H and O–H groups in total. The lowest BCUT2D eigenvalue weighted by atomic mass is 9.57. The Hall–Kier alpha value is -2.21. The van der Waals surface area contributed by atoms with E-state index in [1.807, 2.05) is 0 Å². The number of hydrogen-bond acceptors (Lipinski definition) is 5. The number of non-ortho nitro benzene ring substituents is 1. The smallest absolute Gasteiger partial charge is 0.315 e. The molecule has 4 rings (SSSR count). The molecule has 1 heterocycles. The maximum Gasteiger partial charge on any atom is 0.315 e. The fourth-order valence-electron chi connectivity index (χ4n) is 5.27. The van der Waals surface area contributed by atoms with Gasteiger partial charge in [0.25, 0.3) is 5.69 Å². The van der Waals surface area contributed by atoms with Gasteiger partial charge in [-0.3, -0.25) is 14.9 Å². The largest absolute Gasteiger partial charge is 0.435 e. The van der Waals surface area contributed by atoms with Crippen LogP contribution in [0.25, 0.3) is 0 Å². The van der Waals surface area contributed by atoms with Crippen LogP contribution in [0, 0.1) is 27.4 Å². The second-order valence-corrected chi connectivity index (χ2v) is 8.02. The van der Waals surface area contributed by atoms with Crippen LogP contribution in [0.1, 0.15) is 50.5 Å². The van der Waals surface area contributed by atoms with E-state index in [0.29, 0.717) is 5.92 Å². The molecule has 4 atom stereocenters. The maximum atomic E-state index is 13.0. The minimum atomic E-state index is -0.610. The SMILES string of the molecule is C=C1CC[C@H]2CCCCC[C@@]23C(=O)O[C@H](OCc2ccc([N+](=O)[O-])cc2)[C@@H]13. The number of carbonyl (C=O) groups excluding carboxylic acids is 1. The van der Waals surface area contributed by atoms with Gasteiger partial charge in [-0.15, -0.1) is 0 Å². The molecular formula is C21H25NO5. The minimum absolute atomic E-state index is 0.0481. The van der Waals surface area contributed by atoms with E-state index in [2.05, 4.69) is 6.58 Å². The van der Waals surface area contributed by atoms with Crippen LogP contribution in [0.3, 0.4) is 0 Å². The Morgan fingerprint density at radius 2 is 2.00 bits per heavy atom. The van der Waals surface area contributed by atoms with E-state index in [0.717, 1.165) is 43.2 Å². The molecule has 1 aromatic carbocycles. The zero-order valence-corrected chi connectivity index (χ0v) is 15.4. The fraction of sp³-hybridized carbons (Fsp3) is 0.571. The Labute approximate surface area is 158 Å². The molecule has 0 unspecified atom stereocenters. The van der Waals surface area contributed by atoms with Crippen LogP contribution in [0.5, 0.6) is 0 Å². The van der Waals surface area contributed by atoms with E-state index in [4.69, 9.17) is 9.47 Å². The number of nitro groups is 1. The zero-order chi connectivity index (χ0) is 19.0. The van der Waals surface area contributed by atoms with Gasteiger partial charge in [-0.2, -0.15) is 0 Å². The predicted molar refractivity (Wildman–Crippen MR) is 98.6 cm³/mol. The van der Waals surface area contributed by atoms with E-state index in [-0.39, 0.29) is 24.2 Å². The van der Waals surface area contributed by atoms with Crippen LogP contribution in [-0.2, 0) is 20.9 Å². The van der Waals surface area contributed by atoms with Crippen LogP contribution in [0.2, 0.25) is 0 Å². The number of benzene rings is 1. The quantitative estimate of drug-likeness (QED) is 0.336. The number of nitro benzene ring substituents is 1. The van der Waals surface area contributed by atoms with Crippen molar-refractivity contribution < 1.29 is 19.2 Å². The molecule has 1 spiro atoms. The molecule has 1 saturated heterocycles. The van der Waals surface area contributed by atoms with E-state index in [1.54, 1.807) is 12.1 Å². The van der Waals surface area contributed by atoms with Gasteiger partial charge in [0.15, 0.2) is 0 Å². The van der Waals surface area contributed by atoms with Crippen LogP contribution >= 0.6 is 0 Å². The van der Waals surface area contributed by atoms with Crippen LogP contribution in [0.4, 0.5) is 5.69 Å². The van der Waals surface area contributed by atoms with Crippen molar-refractivity contribution >= 4 is 11.7 Å². The normalized spacial score (nSPS) is 33.0. The van der Waals surface area contributed by atoms with E-state index in [1.165, 1.54) is 25.0 Å². The molecule has 0 amide bonds. The standard InChI is InChI=1S/C21H25NO5/c1-14-6-9-16-5-3-2-4-12-21(16)18(14)19(27-20(21)23)26-13-15-7-10-17(11-8-15)22(24)25/h7-8,10-11,16,18-19H,1-6,9,12-13H2/t16-,18-,19+,21-/m1/s1. The molecule has 0 aromatic heterocycles. The van der Waals surface area contributed by atoms with E-state index in [9.17, 15) is 14.9 Å². The Morgan fingerprint density at radius 3 is 2.74 bits per heavy atom. The minimum Gasteiger partial charge on any atom is -0.435 e. The second-order valence-electron chi connectivity index (χ2n) is 8.02. The third-order valence-electron chi connectivity index (χ3n) is 6.62. The second kappa shape index (κ2) is 7.08. The molecule has 1 aromatic rings. The third kappa shape index (κ3) is 3.06. The van der Waals surface area contributed by atoms with Crippen molar-refractivity contribution in [2.75, 3.05) is 0 Å². The van der Waals surface area contributed by atoms with Crippen molar-refractivity contribution in [2.45, 2.75) is 57.8 Å². The van der Waals surface area contributed by atoms with Gasteiger partial charge in [0.05, 0.1) is 22.9 Å². The highest BCUT2D eigenvalue weighted by Gasteiger charge is 2.63. The first-order valence-electron chi connectivity index (χ1n) is 9.76. The highest BCUT2D eigenvalue weighted by Crippen LogP contribution is 2.59. The van der Waals surface area contributed by atoms with Crippen molar-refractivity contribution in [2.24, 2.45) is 17.3 Å². The lowest BCUT2D eigenvalue weighted by molar-refractivity contribution is -0.384. The average Bonchev–Trinajstić information content (AvgIpc) is 2.80. The fourth-order valence-corrected chi connectivity index (χ4v) is 5.27. The maximum absolute atomic E-state index is 13.0. The number of ether oxygens (including phenoxy) is 2. The monoisotopic (exact) mass is 371 g/mol. The van der Waals surface area contributed by atoms with Crippen molar-refractivity contribution in [3.63, 3.8) is 0 Å². The topological polar surface area (TPSA) is 78.7 Å². The number of carbonyl (C=O) groups is 1. The van der Waals surface area contributed by atoms with Gasteiger partial charge in [0.2, 0.25) is 6.29 Å². The molecule has 2 aliphatic carbocycles. The predicted octanol–water partition coefficient (Wildman–Crippen LogP) is 4.53. The van der Waals surface area contributed by atoms with Gasteiger partial charge in [-0.25, -0.2) is 0 Å². The lowest BCUT2D eigenvalue weighted by Crippen LogP contribution is -2.45. The van der Waals surface area contributed by atoms with Gasteiger partial charge in [-0.05, 0) is 49.3 Å². The molecule has 3 fully saturated rings. The molecule has 3 aliphatic rings. The van der Waals surface area contributed by atoms with E-state index >= 15 is 0 Å². The summed E-state index contributed by atoms with van der Waals surface area (Å²) in [7, 11) is 0. The summed E-state index contributed by atoms with van der Waals surface area (Å²) >= 11 is 0. The summed E-state index contributed by atoms with van der Waals surface area (Å²) in [5.41, 5.74) is 1.46. The summed E-state index contributed by atoms with van der Waals surface area (Å²) in [6, 6.07) is 6.27. The molecule has 27 heavy (non-hydrogen) atoms. The Balaban J connectivity index is 1.53. The molecule has 0 radical (unpaired) electrons. The van der Waals surface area contributed by atoms with Crippen LogP contribution in [0.15, 0.2) is 36.4 Å². The number of nitrogens with zero attached hydrogens (tertiary/aromatic N) is 1. The van der Waals surface area contributed by atoms with Gasteiger partial charge in [0, 0.05) is 12.1 Å².